The quantitative estimate of drug-likeness (QED) is 0.729. The van der Waals surface area contributed by atoms with Crippen LogP contribution in [0.2, 0.25) is 5.02 Å². The van der Waals surface area contributed by atoms with Gasteiger partial charge in [-0.15, -0.1) is 0 Å². The van der Waals surface area contributed by atoms with Crippen LogP contribution in [0, 0.1) is 19.8 Å². The van der Waals surface area contributed by atoms with Crippen molar-refractivity contribution in [1.29, 1.82) is 0 Å². The molecule has 0 radical (unpaired) electrons. The summed E-state index contributed by atoms with van der Waals surface area (Å²) in [6.07, 6.45) is -2.49. The predicted molar refractivity (Wildman–Crippen MR) is 104 cm³/mol. The monoisotopic (exact) mass is 426 g/mol. The SMILES string of the molecule is Cc1cc(CN2CC(C(=O)O)C2)cc(C)c1CCc1cc(C(F)(F)F)c(Cl)cn1. The minimum Gasteiger partial charge on any atom is -0.481 e. The summed E-state index contributed by atoms with van der Waals surface area (Å²) in [5, 5.41) is 8.58. The second-order valence-electron chi connectivity index (χ2n) is 7.59. The Kier molecular flexibility index (Phi) is 6.19. The molecule has 2 aromatic rings. The predicted octanol–water partition coefficient (Wildman–Crippen LogP) is 4.67. The van der Waals surface area contributed by atoms with E-state index in [-0.39, 0.29) is 5.92 Å². The topological polar surface area (TPSA) is 53.4 Å². The second-order valence-corrected chi connectivity index (χ2v) is 8.00. The maximum Gasteiger partial charge on any atom is 0.417 e. The number of aromatic nitrogens is 1. The van der Waals surface area contributed by atoms with E-state index in [2.05, 4.69) is 22.0 Å². The number of carboxylic acid groups (broad SMARTS) is 1. The number of nitrogens with zero attached hydrogens (tertiary/aromatic N) is 2. The van der Waals surface area contributed by atoms with Crippen LogP contribution in [-0.4, -0.2) is 34.0 Å². The zero-order valence-corrected chi connectivity index (χ0v) is 16.9. The second kappa shape index (κ2) is 8.32. The summed E-state index contributed by atoms with van der Waals surface area (Å²) < 4.78 is 39.1. The van der Waals surface area contributed by atoms with E-state index in [0.29, 0.717) is 38.2 Å². The van der Waals surface area contributed by atoms with E-state index in [0.717, 1.165) is 34.5 Å². The number of rotatable bonds is 6. The molecule has 2 heterocycles. The molecule has 1 N–H and O–H groups in total. The Labute approximate surface area is 172 Å². The molecule has 1 aliphatic rings. The molecule has 0 unspecified atom stereocenters. The van der Waals surface area contributed by atoms with Crippen LogP contribution in [0.5, 0.6) is 0 Å². The van der Waals surface area contributed by atoms with Crippen molar-refractivity contribution in [2.45, 2.75) is 39.4 Å². The Hall–Kier alpha value is -2.12. The molecule has 0 spiro atoms. The van der Waals surface area contributed by atoms with Crippen molar-refractivity contribution in [3.8, 4) is 0 Å². The number of alkyl halides is 3. The van der Waals surface area contributed by atoms with Gasteiger partial charge < -0.3 is 5.11 Å². The maximum absolute atomic E-state index is 13.0. The van der Waals surface area contributed by atoms with Gasteiger partial charge in [-0.3, -0.25) is 14.7 Å². The molecule has 1 fully saturated rings. The van der Waals surface area contributed by atoms with Gasteiger partial charge in [-0.2, -0.15) is 13.2 Å². The largest absolute Gasteiger partial charge is 0.481 e. The van der Waals surface area contributed by atoms with E-state index >= 15 is 0 Å². The molecule has 3 rings (SSSR count). The third kappa shape index (κ3) is 5.08. The lowest BCUT2D eigenvalue weighted by atomic mass is 9.93. The first-order chi connectivity index (χ1) is 13.5. The third-order valence-electron chi connectivity index (χ3n) is 5.32. The lowest BCUT2D eigenvalue weighted by Crippen LogP contribution is -2.49. The lowest BCUT2D eigenvalue weighted by molar-refractivity contribution is -0.147. The molecule has 0 aliphatic carbocycles. The molecular formula is C21H22ClF3N2O2. The fourth-order valence-electron chi connectivity index (χ4n) is 3.77. The van der Waals surface area contributed by atoms with Crippen molar-refractivity contribution in [2.75, 3.05) is 13.1 Å². The van der Waals surface area contributed by atoms with Gasteiger partial charge in [0, 0.05) is 31.5 Å². The van der Waals surface area contributed by atoms with Gasteiger partial charge in [0.05, 0.1) is 16.5 Å². The number of hydrogen-bond donors (Lipinski definition) is 1. The van der Waals surface area contributed by atoms with Crippen LogP contribution in [0.1, 0.15) is 33.5 Å². The minimum atomic E-state index is -4.50. The zero-order valence-electron chi connectivity index (χ0n) is 16.2. The molecule has 8 heteroatoms. The number of likely N-dealkylation sites (tertiary alicyclic amines) is 1. The maximum atomic E-state index is 13.0. The smallest absolute Gasteiger partial charge is 0.417 e. The van der Waals surface area contributed by atoms with Gasteiger partial charge >= 0.3 is 12.1 Å². The van der Waals surface area contributed by atoms with E-state index < -0.39 is 22.7 Å². The summed E-state index contributed by atoms with van der Waals surface area (Å²) in [6, 6.07) is 5.14. The minimum absolute atomic E-state index is 0.287. The highest BCUT2D eigenvalue weighted by atomic mass is 35.5. The van der Waals surface area contributed by atoms with E-state index in [1.54, 1.807) is 0 Å². The third-order valence-corrected chi connectivity index (χ3v) is 5.62. The molecule has 0 bridgehead atoms. The Bertz CT molecular complexity index is 902. The van der Waals surface area contributed by atoms with E-state index in [1.165, 1.54) is 0 Å². The number of benzene rings is 1. The molecule has 1 aromatic heterocycles. The van der Waals surface area contributed by atoms with E-state index in [1.807, 2.05) is 13.8 Å². The number of pyridine rings is 1. The molecule has 156 valence electrons. The molecule has 1 aliphatic heterocycles. The number of halogens is 4. The molecule has 1 saturated heterocycles. The van der Waals surface area contributed by atoms with Crippen molar-refractivity contribution in [2.24, 2.45) is 5.92 Å². The Morgan fingerprint density at radius 1 is 1.21 bits per heavy atom. The van der Waals surface area contributed by atoms with Gasteiger partial charge in [0.25, 0.3) is 0 Å². The summed E-state index contributed by atoms with van der Waals surface area (Å²) in [4.78, 5) is 17.0. The summed E-state index contributed by atoms with van der Waals surface area (Å²) in [6.45, 7) is 5.77. The van der Waals surface area contributed by atoms with Crippen molar-refractivity contribution >= 4 is 17.6 Å². The molecule has 0 atom stereocenters. The van der Waals surface area contributed by atoms with Crippen LogP contribution in [0.4, 0.5) is 13.2 Å². The summed E-state index contributed by atoms with van der Waals surface area (Å²) in [5.74, 6) is -1.04. The van der Waals surface area contributed by atoms with E-state index in [4.69, 9.17) is 16.7 Å². The van der Waals surface area contributed by atoms with Gasteiger partial charge in [0.15, 0.2) is 0 Å². The van der Waals surface area contributed by atoms with Crippen molar-refractivity contribution in [1.82, 2.24) is 9.88 Å². The van der Waals surface area contributed by atoms with Crippen molar-refractivity contribution < 1.29 is 23.1 Å². The van der Waals surface area contributed by atoms with Crippen molar-refractivity contribution in [3.63, 3.8) is 0 Å². The first-order valence-electron chi connectivity index (χ1n) is 9.30. The highest BCUT2D eigenvalue weighted by Crippen LogP contribution is 2.34. The molecular weight excluding hydrogens is 405 g/mol. The summed E-state index contributed by atoms with van der Waals surface area (Å²) >= 11 is 5.63. The number of carbonyl (C=O) groups is 1. The number of aliphatic carboxylic acids is 1. The molecule has 29 heavy (non-hydrogen) atoms. The average molecular weight is 427 g/mol. The standard InChI is InChI=1S/C21H22ClF3N2O2/c1-12-5-14(9-27-10-15(11-27)20(28)29)6-13(2)17(12)4-3-16-7-18(21(23,24)25)19(22)8-26-16/h5-8,15H,3-4,9-11H2,1-2H3,(H,28,29). The number of aryl methyl sites for hydroxylation is 3. The fraction of sp³-hybridized carbons (Fsp3) is 0.429. The summed E-state index contributed by atoms with van der Waals surface area (Å²) in [7, 11) is 0. The Morgan fingerprint density at radius 2 is 1.83 bits per heavy atom. The molecule has 0 amide bonds. The highest BCUT2D eigenvalue weighted by molar-refractivity contribution is 6.31. The van der Waals surface area contributed by atoms with Crippen LogP contribution in [0.25, 0.3) is 0 Å². The fourth-order valence-corrected chi connectivity index (χ4v) is 3.98. The first kappa shape index (κ1) is 21.6. The Balaban J connectivity index is 1.67. The molecule has 1 aromatic carbocycles. The highest BCUT2D eigenvalue weighted by Gasteiger charge is 2.34. The zero-order chi connectivity index (χ0) is 21.3. The Morgan fingerprint density at radius 3 is 2.38 bits per heavy atom. The van der Waals surface area contributed by atoms with Crippen LogP contribution >= 0.6 is 11.6 Å². The van der Waals surface area contributed by atoms with Gasteiger partial charge in [-0.05, 0) is 55.0 Å². The van der Waals surface area contributed by atoms with Crippen LogP contribution in [0.15, 0.2) is 24.4 Å². The van der Waals surface area contributed by atoms with Crippen LogP contribution < -0.4 is 0 Å². The average Bonchev–Trinajstić information content (AvgIpc) is 2.57. The van der Waals surface area contributed by atoms with Gasteiger partial charge in [-0.25, -0.2) is 0 Å². The number of carboxylic acids is 1. The molecule has 0 saturated carbocycles. The molecule has 4 nitrogen and oxygen atoms in total. The van der Waals surface area contributed by atoms with Gasteiger partial charge in [-0.1, -0.05) is 23.7 Å². The first-order valence-corrected chi connectivity index (χ1v) is 9.68. The normalized spacial score (nSPS) is 15.4. The number of hydrogen-bond acceptors (Lipinski definition) is 3. The van der Waals surface area contributed by atoms with Gasteiger partial charge in [0.2, 0.25) is 0 Å². The van der Waals surface area contributed by atoms with Crippen LogP contribution in [-0.2, 0) is 30.4 Å². The van der Waals surface area contributed by atoms with Gasteiger partial charge in [0.1, 0.15) is 0 Å². The lowest BCUT2D eigenvalue weighted by Gasteiger charge is -2.36. The van der Waals surface area contributed by atoms with E-state index in [9.17, 15) is 18.0 Å². The van der Waals surface area contributed by atoms with Crippen LogP contribution in [0.3, 0.4) is 0 Å². The van der Waals surface area contributed by atoms with Crippen molar-refractivity contribution in [3.05, 3.63) is 62.9 Å². The summed E-state index contributed by atoms with van der Waals surface area (Å²) in [5.41, 5.74) is 3.83.